The molecule has 0 saturated heterocycles. The lowest BCUT2D eigenvalue weighted by Gasteiger charge is -2.27. The maximum atomic E-state index is 3.86. The van der Waals surface area contributed by atoms with Crippen LogP contribution in [-0.4, -0.2) is 4.83 Å². The molecule has 0 bridgehead atoms. The molecule has 1 aliphatic rings. The van der Waals surface area contributed by atoms with Crippen molar-refractivity contribution >= 4 is 15.9 Å². The summed E-state index contributed by atoms with van der Waals surface area (Å²) in [7, 11) is 0. The molecule has 0 aromatic carbocycles. The number of halogens is 1. The first kappa shape index (κ1) is 14.5. The number of hydrogen-bond donors (Lipinski definition) is 0. The summed E-state index contributed by atoms with van der Waals surface area (Å²) in [5, 5.41) is 0. The Kier molecular flexibility index (Phi) is 8.64. The lowest BCUT2D eigenvalue weighted by atomic mass is 9.85. The van der Waals surface area contributed by atoms with Crippen LogP contribution in [0.2, 0.25) is 0 Å². The van der Waals surface area contributed by atoms with E-state index in [1.165, 1.54) is 77.0 Å². The summed E-state index contributed by atoms with van der Waals surface area (Å²) in [6, 6.07) is 0. The third kappa shape index (κ3) is 6.27. The zero-order valence-corrected chi connectivity index (χ0v) is 12.6. The summed E-state index contributed by atoms with van der Waals surface area (Å²) < 4.78 is 0. The van der Waals surface area contributed by atoms with Gasteiger partial charge in [0.1, 0.15) is 0 Å². The highest BCUT2D eigenvalue weighted by Gasteiger charge is 2.21. The molecular weight excluding hydrogens is 260 g/mol. The average Bonchev–Trinajstić information content (AvgIpc) is 2.30. The highest BCUT2D eigenvalue weighted by Crippen LogP contribution is 2.33. The van der Waals surface area contributed by atoms with E-state index in [0.29, 0.717) is 0 Å². The van der Waals surface area contributed by atoms with Gasteiger partial charge in [-0.1, -0.05) is 80.6 Å². The van der Waals surface area contributed by atoms with Gasteiger partial charge in [0.25, 0.3) is 0 Å². The van der Waals surface area contributed by atoms with Crippen LogP contribution in [0.5, 0.6) is 0 Å². The molecule has 0 aromatic heterocycles. The van der Waals surface area contributed by atoms with Crippen LogP contribution in [0.15, 0.2) is 0 Å². The summed E-state index contributed by atoms with van der Waals surface area (Å²) >= 11 is 3.86. The van der Waals surface area contributed by atoms with Crippen LogP contribution in [0.1, 0.15) is 84.0 Å². The smallest absolute Gasteiger partial charge is 0.0174 e. The summed E-state index contributed by atoms with van der Waals surface area (Å²) in [6.45, 7) is 2.29. The number of alkyl halides is 1. The Labute approximate surface area is 111 Å². The van der Waals surface area contributed by atoms with Crippen LogP contribution < -0.4 is 0 Å². The molecule has 0 heterocycles. The van der Waals surface area contributed by atoms with Gasteiger partial charge in [0.2, 0.25) is 0 Å². The van der Waals surface area contributed by atoms with E-state index in [2.05, 4.69) is 22.9 Å². The molecule has 1 fully saturated rings. The molecule has 1 saturated carbocycles. The summed E-state index contributed by atoms with van der Waals surface area (Å²) in [6.07, 6.45) is 17.4. The van der Waals surface area contributed by atoms with Crippen molar-refractivity contribution in [3.8, 4) is 0 Å². The van der Waals surface area contributed by atoms with Crippen LogP contribution >= 0.6 is 15.9 Å². The van der Waals surface area contributed by atoms with Crippen LogP contribution in [0.3, 0.4) is 0 Å². The minimum Gasteiger partial charge on any atom is -0.0888 e. The molecule has 0 radical (unpaired) electrons. The first-order valence-electron chi connectivity index (χ1n) is 7.48. The fraction of sp³-hybridized carbons (Fsp3) is 1.00. The van der Waals surface area contributed by atoms with Crippen LogP contribution in [-0.2, 0) is 0 Å². The molecule has 16 heavy (non-hydrogen) atoms. The van der Waals surface area contributed by atoms with E-state index in [4.69, 9.17) is 0 Å². The van der Waals surface area contributed by atoms with Gasteiger partial charge >= 0.3 is 0 Å². The van der Waals surface area contributed by atoms with Crippen molar-refractivity contribution in [3.63, 3.8) is 0 Å². The first-order valence-corrected chi connectivity index (χ1v) is 8.40. The Balaban J connectivity index is 1.90. The van der Waals surface area contributed by atoms with Gasteiger partial charge in [-0.3, -0.25) is 0 Å². The van der Waals surface area contributed by atoms with Gasteiger partial charge in [-0.2, -0.15) is 0 Å². The zero-order valence-electron chi connectivity index (χ0n) is 11.0. The van der Waals surface area contributed by atoms with Crippen molar-refractivity contribution in [2.75, 3.05) is 0 Å². The van der Waals surface area contributed by atoms with Gasteiger partial charge in [0.15, 0.2) is 0 Å². The number of unbranched alkanes of at least 4 members (excludes halogenated alkanes) is 6. The molecule has 0 aliphatic heterocycles. The highest BCUT2D eigenvalue weighted by atomic mass is 79.9. The largest absolute Gasteiger partial charge is 0.0888 e. The molecule has 2 unspecified atom stereocenters. The van der Waals surface area contributed by atoms with Crippen molar-refractivity contribution in [3.05, 3.63) is 0 Å². The number of hydrogen-bond acceptors (Lipinski definition) is 0. The standard InChI is InChI=1S/C15H29Br/c1-2-3-4-5-6-7-8-11-14-12-9-10-13-15(14)16/h14-15H,2-13H2,1H3. The normalized spacial score (nSPS) is 25.9. The van der Waals surface area contributed by atoms with Crippen molar-refractivity contribution < 1.29 is 0 Å². The molecule has 0 spiro atoms. The molecule has 1 heteroatoms. The van der Waals surface area contributed by atoms with Crippen molar-refractivity contribution in [1.82, 2.24) is 0 Å². The van der Waals surface area contributed by atoms with E-state index in [1.807, 2.05) is 0 Å². The summed E-state index contributed by atoms with van der Waals surface area (Å²) in [5.74, 6) is 0.990. The molecule has 0 N–H and O–H groups in total. The lowest BCUT2D eigenvalue weighted by Crippen LogP contribution is -2.18. The van der Waals surface area contributed by atoms with E-state index in [-0.39, 0.29) is 0 Å². The topological polar surface area (TPSA) is 0 Å². The Morgan fingerprint density at radius 1 is 0.875 bits per heavy atom. The van der Waals surface area contributed by atoms with Gasteiger partial charge in [-0.25, -0.2) is 0 Å². The second-order valence-corrected chi connectivity index (χ2v) is 6.65. The fourth-order valence-electron chi connectivity index (χ4n) is 2.85. The Morgan fingerprint density at radius 2 is 1.50 bits per heavy atom. The van der Waals surface area contributed by atoms with Crippen LogP contribution in [0.4, 0.5) is 0 Å². The molecule has 2 atom stereocenters. The molecular formula is C15H29Br. The average molecular weight is 289 g/mol. The van der Waals surface area contributed by atoms with Crippen LogP contribution in [0.25, 0.3) is 0 Å². The summed E-state index contributed by atoms with van der Waals surface area (Å²) in [4.78, 5) is 0.835. The molecule has 96 valence electrons. The molecule has 0 amide bonds. The van der Waals surface area contributed by atoms with Gasteiger partial charge < -0.3 is 0 Å². The zero-order chi connectivity index (χ0) is 11.6. The highest BCUT2D eigenvalue weighted by molar-refractivity contribution is 9.09. The van der Waals surface area contributed by atoms with E-state index < -0.39 is 0 Å². The lowest BCUT2D eigenvalue weighted by molar-refractivity contribution is 0.342. The van der Waals surface area contributed by atoms with Gasteiger partial charge in [-0.05, 0) is 25.2 Å². The predicted octanol–water partition coefficient (Wildman–Crippen LogP) is 6.08. The molecule has 0 nitrogen and oxygen atoms in total. The maximum absolute atomic E-state index is 3.86. The third-order valence-electron chi connectivity index (χ3n) is 3.99. The molecule has 1 rings (SSSR count). The second kappa shape index (κ2) is 9.50. The fourth-order valence-corrected chi connectivity index (χ4v) is 3.70. The Morgan fingerprint density at radius 3 is 2.19 bits per heavy atom. The number of rotatable bonds is 8. The first-order chi connectivity index (χ1) is 7.84. The third-order valence-corrected chi connectivity index (χ3v) is 5.20. The SMILES string of the molecule is CCCCCCCCCC1CCCCC1Br. The predicted molar refractivity (Wildman–Crippen MR) is 77.3 cm³/mol. The maximum Gasteiger partial charge on any atom is 0.0174 e. The Bertz CT molecular complexity index is 156. The van der Waals surface area contributed by atoms with Gasteiger partial charge in [0.05, 0.1) is 0 Å². The minimum atomic E-state index is 0.835. The Hall–Kier alpha value is 0.480. The van der Waals surface area contributed by atoms with E-state index in [9.17, 15) is 0 Å². The molecule has 1 aliphatic carbocycles. The van der Waals surface area contributed by atoms with Crippen molar-refractivity contribution in [2.45, 2.75) is 88.8 Å². The monoisotopic (exact) mass is 288 g/mol. The van der Waals surface area contributed by atoms with Crippen molar-refractivity contribution in [1.29, 1.82) is 0 Å². The van der Waals surface area contributed by atoms with Gasteiger partial charge in [-0.15, -0.1) is 0 Å². The second-order valence-electron chi connectivity index (χ2n) is 5.47. The van der Waals surface area contributed by atoms with Crippen LogP contribution in [0, 0.1) is 5.92 Å². The van der Waals surface area contributed by atoms with E-state index in [0.717, 1.165) is 10.7 Å². The molecule has 0 aromatic rings. The van der Waals surface area contributed by atoms with E-state index >= 15 is 0 Å². The van der Waals surface area contributed by atoms with E-state index in [1.54, 1.807) is 0 Å². The van der Waals surface area contributed by atoms with Gasteiger partial charge in [0, 0.05) is 4.83 Å². The quantitative estimate of drug-likeness (QED) is 0.375. The minimum absolute atomic E-state index is 0.835. The summed E-state index contributed by atoms with van der Waals surface area (Å²) in [5.41, 5.74) is 0. The van der Waals surface area contributed by atoms with Crippen molar-refractivity contribution in [2.24, 2.45) is 5.92 Å².